The molecule has 0 fully saturated rings. The average Bonchev–Trinajstić information content (AvgIpc) is 2.08. The van der Waals surface area contributed by atoms with E-state index in [1.165, 1.54) is 0 Å². The van der Waals surface area contributed by atoms with Crippen molar-refractivity contribution in [2.24, 2.45) is 0 Å². The van der Waals surface area contributed by atoms with E-state index >= 15 is 0 Å². The highest BCUT2D eigenvalue weighted by Crippen LogP contribution is 2.25. The maximum absolute atomic E-state index is 9.12. The highest BCUT2D eigenvalue weighted by molar-refractivity contribution is 6.87. The van der Waals surface area contributed by atoms with E-state index in [4.69, 9.17) is 13.3 Å². The number of aliphatic hydroxyl groups is 1. The molecule has 0 radical (unpaired) electrons. The normalized spacial score (nSPS) is 14.6. The van der Waals surface area contributed by atoms with Gasteiger partial charge >= 0.3 is 8.56 Å². The van der Waals surface area contributed by atoms with E-state index in [9.17, 15) is 0 Å². The molecule has 0 aromatic heterocycles. The molecule has 7 heteroatoms. The largest absolute Gasteiger partial charge is 0.437 e. The molecule has 0 aromatic carbocycles. The first kappa shape index (κ1) is 21.5. The van der Waals surface area contributed by atoms with Gasteiger partial charge in [-0.3, -0.25) is 0 Å². The molecule has 0 heterocycles. The number of aliphatic hydroxyl groups excluding tert-OH is 1. The second kappa shape index (κ2) is 7.85. The fourth-order valence-corrected chi connectivity index (χ4v) is 15.2. The van der Waals surface area contributed by atoms with Crippen LogP contribution in [0.15, 0.2) is 0 Å². The van der Waals surface area contributed by atoms with E-state index < -0.39 is 25.2 Å². The molecule has 21 heavy (non-hydrogen) atoms. The van der Waals surface area contributed by atoms with Gasteiger partial charge in [0.15, 0.2) is 16.6 Å². The maximum atomic E-state index is 9.12. The molecule has 0 rings (SSSR count). The van der Waals surface area contributed by atoms with Gasteiger partial charge in [-0.25, -0.2) is 0 Å². The smallest absolute Gasteiger partial charge is 0.314 e. The quantitative estimate of drug-likeness (QED) is 0.484. The van der Waals surface area contributed by atoms with Crippen molar-refractivity contribution in [1.82, 2.24) is 0 Å². The number of rotatable bonds is 10. The van der Waals surface area contributed by atoms with Crippen LogP contribution in [0.3, 0.4) is 0 Å². The van der Waals surface area contributed by atoms with Crippen LogP contribution in [0.2, 0.25) is 51.9 Å². The summed E-state index contributed by atoms with van der Waals surface area (Å²) in [7, 11) is -0.922. The molecular formula is C14H38NO3Si3+. The van der Waals surface area contributed by atoms with Crippen LogP contribution in [0.25, 0.3) is 0 Å². The van der Waals surface area contributed by atoms with Gasteiger partial charge in [-0.15, -0.1) is 0 Å². The zero-order chi connectivity index (χ0) is 16.9. The Bertz CT molecular complexity index is 296. The Morgan fingerprint density at radius 3 is 1.57 bits per heavy atom. The van der Waals surface area contributed by atoms with Crippen LogP contribution in [-0.2, 0) is 8.23 Å². The minimum absolute atomic E-state index is 0.249. The summed E-state index contributed by atoms with van der Waals surface area (Å²) >= 11 is 0. The molecule has 0 unspecified atom stereocenters. The summed E-state index contributed by atoms with van der Waals surface area (Å²) in [6, 6.07) is 1.05. The van der Waals surface area contributed by atoms with Gasteiger partial charge in [-0.1, -0.05) is 0 Å². The van der Waals surface area contributed by atoms with Crippen molar-refractivity contribution < 1.29 is 17.8 Å². The predicted molar refractivity (Wildman–Crippen MR) is 98.8 cm³/mol. The first-order valence-corrected chi connectivity index (χ1v) is 17.4. The lowest BCUT2D eigenvalue weighted by molar-refractivity contribution is -0.890. The van der Waals surface area contributed by atoms with Crippen molar-refractivity contribution in [2.45, 2.75) is 58.3 Å². The molecule has 0 saturated carbocycles. The third-order valence-corrected chi connectivity index (χ3v) is 12.8. The van der Waals surface area contributed by atoms with E-state index in [-0.39, 0.29) is 6.61 Å². The van der Waals surface area contributed by atoms with Gasteiger partial charge in [-0.05, 0) is 58.3 Å². The van der Waals surface area contributed by atoms with Crippen LogP contribution in [0, 0.1) is 0 Å². The number of hydrogen-bond acceptors (Lipinski definition) is 3. The molecule has 0 aliphatic heterocycles. The second-order valence-electron chi connectivity index (χ2n) is 8.77. The zero-order valence-corrected chi connectivity index (χ0v) is 18.7. The van der Waals surface area contributed by atoms with Crippen molar-refractivity contribution in [1.29, 1.82) is 0 Å². The Morgan fingerprint density at radius 2 is 1.24 bits per heavy atom. The van der Waals surface area contributed by atoms with Crippen LogP contribution in [0.4, 0.5) is 0 Å². The first-order valence-electron chi connectivity index (χ1n) is 8.01. The molecule has 0 aliphatic rings. The van der Waals surface area contributed by atoms with Gasteiger partial charge in [0.2, 0.25) is 0 Å². The number of nitrogens with zero attached hydrogens (tertiary/aromatic N) is 1. The average molecular weight is 353 g/mol. The predicted octanol–water partition coefficient (Wildman–Crippen LogP) is 3.22. The Labute approximate surface area is 135 Å². The second-order valence-corrected chi connectivity index (χ2v) is 21.6. The molecule has 0 aromatic rings. The third kappa shape index (κ3) is 11.7. The molecule has 0 saturated heterocycles. The van der Waals surface area contributed by atoms with E-state index in [1.54, 1.807) is 0 Å². The van der Waals surface area contributed by atoms with Crippen molar-refractivity contribution in [3.8, 4) is 0 Å². The van der Waals surface area contributed by atoms with Gasteiger partial charge < -0.3 is 17.8 Å². The highest BCUT2D eigenvalue weighted by atomic mass is 28.5. The van der Waals surface area contributed by atoms with Gasteiger partial charge in [0.05, 0.1) is 27.2 Å². The highest BCUT2D eigenvalue weighted by Gasteiger charge is 2.40. The fraction of sp³-hybridized carbons (Fsp3) is 1.00. The Morgan fingerprint density at radius 1 is 0.810 bits per heavy atom. The first-order chi connectivity index (χ1) is 9.18. The molecule has 0 amide bonds. The van der Waals surface area contributed by atoms with Gasteiger partial charge in [0, 0.05) is 0 Å². The van der Waals surface area contributed by atoms with Gasteiger partial charge in [0.25, 0.3) is 0 Å². The lowest BCUT2D eigenvalue weighted by Gasteiger charge is -2.39. The topological polar surface area (TPSA) is 38.7 Å². The van der Waals surface area contributed by atoms with E-state index in [0.717, 1.165) is 30.0 Å². The minimum atomic E-state index is -2.09. The third-order valence-electron chi connectivity index (χ3n) is 3.14. The van der Waals surface area contributed by atoms with Crippen molar-refractivity contribution in [2.75, 3.05) is 33.8 Å². The zero-order valence-electron chi connectivity index (χ0n) is 15.7. The molecule has 0 spiro atoms. The molecule has 128 valence electrons. The maximum Gasteiger partial charge on any atom is 0.314 e. The molecule has 0 bridgehead atoms. The fourth-order valence-electron chi connectivity index (χ4n) is 2.63. The summed E-state index contributed by atoms with van der Waals surface area (Å²) < 4.78 is 13.9. The molecular weight excluding hydrogens is 314 g/mol. The van der Waals surface area contributed by atoms with E-state index in [0.29, 0.717) is 0 Å². The number of hydrogen-bond donors (Lipinski definition) is 1. The lowest BCUT2D eigenvalue weighted by Crippen LogP contribution is -2.53. The summed E-state index contributed by atoms with van der Waals surface area (Å²) in [5, 5.41) is 9.12. The standard InChI is InChI=1S/C14H38NO3Si3/c1-15(2,12-13-16)11-10-14-21(9,17-19(3,4)5)18-20(6,7)8/h16H,10-14H2,1-9H3/q+1. The lowest BCUT2D eigenvalue weighted by atomic mass is 10.4. The van der Waals surface area contributed by atoms with E-state index in [2.05, 4.69) is 59.9 Å². The molecule has 1 N–H and O–H groups in total. The van der Waals surface area contributed by atoms with Crippen LogP contribution in [0.1, 0.15) is 6.42 Å². The van der Waals surface area contributed by atoms with Crippen molar-refractivity contribution >= 4 is 25.2 Å². The summed E-state index contributed by atoms with van der Waals surface area (Å²) in [5.41, 5.74) is 0. The van der Waals surface area contributed by atoms with Crippen LogP contribution in [0.5, 0.6) is 0 Å². The SMILES string of the molecule is C[N+](C)(CCO)CCC[Si](C)(O[Si](C)(C)C)O[Si](C)(C)C. The van der Waals surface area contributed by atoms with Crippen molar-refractivity contribution in [3.05, 3.63) is 0 Å². The number of likely N-dealkylation sites (N-methyl/N-ethyl adjacent to an activating group) is 1. The Balaban J connectivity index is 4.69. The summed E-state index contributed by atoms with van der Waals surface area (Å²) in [5.74, 6) is 0. The molecule has 4 nitrogen and oxygen atoms in total. The van der Waals surface area contributed by atoms with Gasteiger partial charge in [-0.2, -0.15) is 0 Å². The Hall–Kier alpha value is 0.491. The molecule has 0 aliphatic carbocycles. The Kier molecular flexibility index (Phi) is 8.03. The molecule has 0 atom stereocenters. The summed E-state index contributed by atoms with van der Waals surface area (Å²) in [4.78, 5) is 0. The summed E-state index contributed by atoms with van der Waals surface area (Å²) in [6.07, 6.45) is 1.10. The summed E-state index contributed by atoms with van der Waals surface area (Å²) in [6.45, 7) is 17.9. The van der Waals surface area contributed by atoms with Gasteiger partial charge in [0.1, 0.15) is 6.54 Å². The van der Waals surface area contributed by atoms with Crippen LogP contribution >= 0.6 is 0 Å². The van der Waals surface area contributed by atoms with Crippen LogP contribution < -0.4 is 0 Å². The number of quaternary nitrogens is 1. The minimum Gasteiger partial charge on any atom is -0.437 e. The van der Waals surface area contributed by atoms with Crippen molar-refractivity contribution in [3.63, 3.8) is 0 Å². The van der Waals surface area contributed by atoms with E-state index in [1.807, 2.05) is 0 Å². The monoisotopic (exact) mass is 352 g/mol. The van der Waals surface area contributed by atoms with Crippen LogP contribution in [-0.4, -0.2) is 68.6 Å².